The molecule has 136 valence electrons. The highest BCUT2D eigenvalue weighted by Crippen LogP contribution is 2.39. The molecule has 1 heterocycles. The molecule has 25 heavy (non-hydrogen) atoms. The molecule has 2 rings (SSSR count). The van der Waals surface area contributed by atoms with Crippen LogP contribution >= 0.6 is 0 Å². The first-order chi connectivity index (χ1) is 11.6. The average molecular weight is 347 g/mol. The first-order valence-corrected chi connectivity index (χ1v) is 8.37. The number of carbonyl (C=O) groups is 2. The number of hydrogen-bond donors (Lipinski definition) is 4. The molecule has 0 fully saturated rings. The van der Waals surface area contributed by atoms with Crippen molar-refractivity contribution in [3.05, 3.63) is 29.3 Å². The van der Waals surface area contributed by atoms with Gasteiger partial charge in [-0.15, -0.1) is 0 Å². The number of Topliss-reactive ketones (excluding diaryl/α,β-unsaturated/α-hetero) is 1. The lowest BCUT2D eigenvalue weighted by Crippen LogP contribution is -2.31. The average Bonchev–Trinajstić information content (AvgIpc) is 2.54. The number of benzene rings is 1. The molecule has 0 radical (unpaired) electrons. The fraction of sp³-hybridized carbons (Fsp3) is 0.474. The largest absolute Gasteiger partial charge is 0.508 e. The maximum atomic E-state index is 12.5. The molecule has 1 aliphatic rings. The third-order valence-corrected chi connectivity index (χ3v) is 4.68. The van der Waals surface area contributed by atoms with E-state index in [1.807, 2.05) is 13.0 Å². The lowest BCUT2D eigenvalue weighted by Gasteiger charge is -2.20. The Hall–Kier alpha value is -2.34. The summed E-state index contributed by atoms with van der Waals surface area (Å²) in [7, 11) is 0. The molecule has 0 aromatic heterocycles. The Kier molecular flexibility index (Phi) is 5.52. The van der Waals surface area contributed by atoms with Gasteiger partial charge in [0.15, 0.2) is 0 Å². The van der Waals surface area contributed by atoms with Gasteiger partial charge in [-0.1, -0.05) is 25.5 Å². The fourth-order valence-corrected chi connectivity index (χ4v) is 3.23. The maximum absolute atomic E-state index is 12.5. The van der Waals surface area contributed by atoms with Crippen molar-refractivity contribution in [1.82, 2.24) is 0 Å². The molecule has 1 aromatic rings. The SMILES string of the molecule is C/C1=C\[C@H](C)[C@@H](O)c2cc(O)cc(c2O)NC(=O)[C@@H](C)C(=O)C(C)C1. The number of carbonyl (C=O) groups excluding carboxylic acids is 2. The number of aliphatic hydroxyl groups is 1. The molecule has 1 amide bonds. The van der Waals surface area contributed by atoms with Gasteiger partial charge in [-0.3, -0.25) is 9.59 Å². The van der Waals surface area contributed by atoms with Gasteiger partial charge in [0, 0.05) is 23.5 Å². The van der Waals surface area contributed by atoms with Gasteiger partial charge in [0.1, 0.15) is 17.3 Å². The highest BCUT2D eigenvalue weighted by atomic mass is 16.3. The van der Waals surface area contributed by atoms with E-state index < -0.39 is 17.9 Å². The Bertz CT molecular complexity index is 725. The van der Waals surface area contributed by atoms with Gasteiger partial charge in [-0.25, -0.2) is 0 Å². The van der Waals surface area contributed by atoms with E-state index in [0.29, 0.717) is 6.42 Å². The molecule has 2 bridgehead atoms. The van der Waals surface area contributed by atoms with E-state index in [1.54, 1.807) is 13.8 Å². The van der Waals surface area contributed by atoms with Gasteiger partial charge in [0.25, 0.3) is 0 Å². The summed E-state index contributed by atoms with van der Waals surface area (Å²) in [6.07, 6.45) is 1.26. The van der Waals surface area contributed by atoms with Crippen LogP contribution in [0.15, 0.2) is 23.8 Å². The predicted molar refractivity (Wildman–Crippen MR) is 94.2 cm³/mol. The Labute approximate surface area is 147 Å². The number of phenols is 2. The second-order valence-electron chi connectivity index (χ2n) is 6.97. The van der Waals surface area contributed by atoms with E-state index in [2.05, 4.69) is 5.32 Å². The lowest BCUT2D eigenvalue weighted by atomic mass is 9.88. The summed E-state index contributed by atoms with van der Waals surface area (Å²) < 4.78 is 0. The third kappa shape index (κ3) is 4.02. The van der Waals surface area contributed by atoms with Crippen molar-refractivity contribution in [3.63, 3.8) is 0 Å². The molecular weight excluding hydrogens is 322 g/mol. The molecule has 6 heteroatoms. The molecule has 0 saturated heterocycles. The summed E-state index contributed by atoms with van der Waals surface area (Å²) in [4.78, 5) is 24.8. The van der Waals surface area contributed by atoms with Gasteiger partial charge in [-0.05, 0) is 26.3 Å². The highest BCUT2D eigenvalue weighted by Gasteiger charge is 2.29. The second kappa shape index (κ2) is 7.27. The maximum Gasteiger partial charge on any atom is 0.234 e. The normalized spacial score (nSPS) is 30.4. The van der Waals surface area contributed by atoms with Crippen LogP contribution in [-0.2, 0) is 9.59 Å². The van der Waals surface area contributed by atoms with Crippen molar-refractivity contribution in [2.45, 2.75) is 40.2 Å². The molecular formula is C19H25NO5. The number of aliphatic hydroxyl groups excluding tert-OH is 1. The fourth-order valence-electron chi connectivity index (χ4n) is 3.23. The van der Waals surface area contributed by atoms with Gasteiger partial charge in [-0.2, -0.15) is 0 Å². The molecule has 1 unspecified atom stereocenters. The first kappa shape index (κ1) is 19.0. The topological polar surface area (TPSA) is 107 Å². The first-order valence-electron chi connectivity index (χ1n) is 8.37. The van der Waals surface area contributed by atoms with Crippen LogP contribution in [0.1, 0.15) is 45.8 Å². The smallest absolute Gasteiger partial charge is 0.234 e. The Balaban J connectivity index is 2.58. The van der Waals surface area contributed by atoms with E-state index in [4.69, 9.17) is 0 Å². The van der Waals surface area contributed by atoms with E-state index in [-0.39, 0.29) is 40.4 Å². The van der Waals surface area contributed by atoms with Crippen molar-refractivity contribution >= 4 is 17.4 Å². The zero-order valence-corrected chi connectivity index (χ0v) is 14.9. The monoisotopic (exact) mass is 347 g/mol. The molecule has 1 aromatic carbocycles. The minimum atomic E-state index is -1.07. The zero-order chi connectivity index (χ0) is 18.9. The number of rotatable bonds is 0. The molecule has 0 spiro atoms. The van der Waals surface area contributed by atoms with Crippen LogP contribution in [0.3, 0.4) is 0 Å². The van der Waals surface area contributed by atoms with Crippen molar-refractivity contribution < 1.29 is 24.9 Å². The summed E-state index contributed by atoms with van der Waals surface area (Å²) >= 11 is 0. The molecule has 0 aliphatic carbocycles. The summed E-state index contributed by atoms with van der Waals surface area (Å²) in [5.74, 6) is -2.86. The number of fused-ring (bicyclic) bond motifs is 2. The number of anilines is 1. The van der Waals surface area contributed by atoms with Crippen molar-refractivity contribution in [1.29, 1.82) is 0 Å². The summed E-state index contributed by atoms with van der Waals surface area (Å²) in [6.45, 7) is 6.94. The van der Waals surface area contributed by atoms with Crippen LogP contribution in [-0.4, -0.2) is 27.0 Å². The number of amides is 1. The summed E-state index contributed by atoms with van der Waals surface area (Å²) in [5.41, 5.74) is 1.01. The number of hydrogen-bond acceptors (Lipinski definition) is 5. The van der Waals surface area contributed by atoms with Crippen LogP contribution in [0.25, 0.3) is 0 Å². The zero-order valence-electron chi connectivity index (χ0n) is 14.9. The van der Waals surface area contributed by atoms with E-state index in [9.17, 15) is 24.9 Å². The summed E-state index contributed by atoms with van der Waals surface area (Å²) in [5, 5.41) is 33.3. The molecule has 4 N–H and O–H groups in total. The number of allylic oxidation sites excluding steroid dienone is 1. The standard InChI is InChI=1S/C19H25NO5/c1-9-5-10(2)16(22)12(4)19(25)20-15-8-13(21)7-14(18(15)24)17(23)11(3)6-9/h6-8,10-12,17,21,23-24H,5H2,1-4H3,(H,20,25)/b9-6+/t10?,11-,12-,17+/m0/s1. The molecule has 4 atom stereocenters. The molecule has 1 aliphatic heterocycles. The van der Waals surface area contributed by atoms with E-state index in [1.165, 1.54) is 19.1 Å². The van der Waals surface area contributed by atoms with Crippen LogP contribution < -0.4 is 5.32 Å². The van der Waals surface area contributed by atoms with Crippen LogP contribution in [0.5, 0.6) is 11.5 Å². The Morgan fingerprint density at radius 1 is 1.12 bits per heavy atom. The summed E-state index contributed by atoms with van der Waals surface area (Å²) in [6, 6.07) is 2.46. The van der Waals surface area contributed by atoms with Crippen molar-refractivity contribution in [2.24, 2.45) is 17.8 Å². The lowest BCUT2D eigenvalue weighted by molar-refractivity contribution is -0.132. The van der Waals surface area contributed by atoms with Crippen molar-refractivity contribution in [2.75, 3.05) is 5.32 Å². The molecule has 6 nitrogen and oxygen atoms in total. The minimum absolute atomic E-state index is 0.0292. The number of phenolic OH excluding ortho intramolecular Hbond substituents is 2. The minimum Gasteiger partial charge on any atom is -0.508 e. The van der Waals surface area contributed by atoms with Crippen LogP contribution in [0.2, 0.25) is 0 Å². The van der Waals surface area contributed by atoms with E-state index >= 15 is 0 Å². The second-order valence-corrected chi connectivity index (χ2v) is 6.97. The number of aromatic hydroxyl groups is 2. The molecule has 0 saturated carbocycles. The van der Waals surface area contributed by atoms with Gasteiger partial charge in [0.05, 0.1) is 17.7 Å². The van der Waals surface area contributed by atoms with Gasteiger partial charge in [0.2, 0.25) is 5.91 Å². The predicted octanol–water partition coefficient (Wildman–Crippen LogP) is 2.90. The number of ketones is 1. The van der Waals surface area contributed by atoms with Crippen molar-refractivity contribution in [3.8, 4) is 11.5 Å². The van der Waals surface area contributed by atoms with E-state index in [0.717, 1.165) is 5.57 Å². The van der Waals surface area contributed by atoms with Crippen LogP contribution in [0.4, 0.5) is 5.69 Å². The number of nitrogens with one attached hydrogen (secondary N) is 1. The van der Waals surface area contributed by atoms with Gasteiger partial charge < -0.3 is 20.6 Å². The highest BCUT2D eigenvalue weighted by molar-refractivity contribution is 6.08. The van der Waals surface area contributed by atoms with Crippen LogP contribution in [0, 0.1) is 17.8 Å². The third-order valence-electron chi connectivity index (χ3n) is 4.68. The quantitative estimate of drug-likeness (QED) is 0.250. The van der Waals surface area contributed by atoms with Gasteiger partial charge >= 0.3 is 0 Å². The Morgan fingerprint density at radius 3 is 2.40 bits per heavy atom. The Morgan fingerprint density at radius 2 is 1.76 bits per heavy atom.